The third kappa shape index (κ3) is 22.8. The van der Waals surface area contributed by atoms with Gasteiger partial charge < -0.3 is 57.4 Å². The van der Waals surface area contributed by atoms with Crippen molar-refractivity contribution in [3.8, 4) is 5.75 Å². The first-order valence-corrected chi connectivity index (χ1v) is 17.8. The molecule has 0 bridgehead atoms. The second-order valence-electron chi connectivity index (χ2n) is 11.1. The topological polar surface area (TPSA) is 185 Å². The summed E-state index contributed by atoms with van der Waals surface area (Å²) in [7, 11) is 0. The number of rotatable bonds is 36. The van der Waals surface area contributed by atoms with Crippen molar-refractivity contribution in [2.75, 3.05) is 145 Å². The monoisotopic (exact) mass is 814 g/mol. The number of benzene rings is 1. The lowest BCUT2D eigenvalue weighted by molar-refractivity contribution is -0.141. The van der Waals surface area contributed by atoms with E-state index in [0.29, 0.717) is 99.1 Å². The van der Waals surface area contributed by atoms with E-state index in [9.17, 15) is 36.7 Å². The van der Waals surface area contributed by atoms with Gasteiger partial charge in [-0.25, -0.2) is 8.78 Å². The molecule has 1 aliphatic heterocycles. The van der Waals surface area contributed by atoms with Gasteiger partial charge in [0.2, 0.25) is 23.3 Å². The standard InChI is InChI=1S/C35H50F4N2O15/c36-27-25-28(37)34(39)35(33(27)38)56-32(45)3-5-46-7-9-48-11-13-50-15-17-52-19-21-54-23-24-55-22-20-53-18-16-51-14-12-49-10-8-47-6-4-40-29(42)26-41-30(43)1-2-31(41)44/h1-2,25H,3-24,26H2,(H,40,42). The van der Waals surface area contributed by atoms with Crippen LogP contribution in [0.4, 0.5) is 17.6 Å². The Bertz CT molecular complexity index is 1280. The Labute approximate surface area is 321 Å². The van der Waals surface area contributed by atoms with E-state index in [1.807, 2.05) is 0 Å². The Morgan fingerprint density at radius 3 is 1.18 bits per heavy atom. The molecule has 1 aromatic carbocycles. The quantitative estimate of drug-likeness (QED) is 0.0250. The van der Waals surface area contributed by atoms with Crippen molar-refractivity contribution < 1.29 is 88.8 Å². The Morgan fingerprint density at radius 2 is 0.821 bits per heavy atom. The molecule has 1 heterocycles. The lowest BCUT2D eigenvalue weighted by Gasteiger charge is -2.13. The van der Waals surface area contributed by atoms with Gasteiger partial charge in [-0.2, -0.15) is 8.78 Å². The van der Waals surface area contributed by atoms with Gasteiger partial charge in [-0.1, -0.05) is 0 Å². The number of nitrogens with one attached hydrogen (secondary N) is 1. The minimum Gasteiger partial charge on any atom is -0.420 e. The lowest BCUT2D eigenvalue weighted by atomic mass is 10.3. The van der Waals surface area contributed by atoms with Gasteiger partial charge in [0.25, 0.3) is 11.8 Å². The number of nitrogens with zero attached hydrogens (tertiary/aromatic N) is 1. The second kappa shape index (κ2) is 31.4. The van der Waals surface area contributed by atoms with Crippen LogP contribution in [0.2, 0.25) is 0 Å². The molecular formula is C35H50F4N2O15. The molecule has 3 amide bonds. The van der Waals surface area contributed by atoms with E-state index >= 15 is 0 Å². The SMILES string of the molecule is O=C(CN1C(=O)C=CC1=O)NCCOCCOCCOCCOCCOCCOCCOCCOCCOCCOCCC(=O)Oc1c(F)c(F)cc(F)c1F. The van der Waals surface area contributed by atoms with E-state index < -0.39 is 59.1 Å². The maximum atomic E-state index is 13.5. The molecule has 2 rings (SSSR count). The average Bonchev–Trinajstić information content (AvgIpc) is 3.49. The summed E-state index contributed by atoms with van der Waals surface area (Å²) >= 11 is 0. The van der Waals surface area contributed by atoms with Gasteiger partial charge in [-0.3, -0.25) is 24.1 Å². The molecule has 0 saturated heterocycles. The molecule has 21 heteroatoms. The zero-order valence-electron chi connectivity index (χ0n) is 31.1. The molecule has 1 N–H and O–H groups in total. The van der Waals surface area contributed by atoms with Crippen LogP contribution in [0.5, 0.6) is 5.75 Å². The van der Waals surface area contributed by atoms with E-state index in [-0.39, 0.29) is 52.2 Å². The summed E-state index contributed by atoms with van der Waals surface area (Å²) in [5.41, 5.74) is 0. The molecular weight excluding hydrogens is 764 g/mol. The number of carbonyl (C=O) groups excluding carboxylic acids is 4. The summed E-state index contributed by atoms with van der Waals surface area (Å²) in [5, 5.41) is 2.57. The van der Waals surface area contributed by atoms with Gasteiger partial charge in [0, 0.05) is 24.8 Å². The van der Waals surface area contributed by atoms with Crippen LogP contribution in [0, 0.1) is 23.3 Å². The molecule has 1 aromatic rings. The number of esters is 1. The fourth-order valence-electron chi connectivity index (χ4n) is 4.09. The van der Waals surface area contributed by atoms with Gasteiger partial charge in [-0.15, -0.1) is 0 Å². The van der Waals surface area contributed by atoms with Crippen LogP contribution in [0.25, 0.3) is 0 Å². The van der Waals surface area contributed by atoms with Gasteiger partial charge in [0.05, 0.1) is 139 Å². The van der Waals surface area contributed by atoms with Crippen molar-refractivity contribution in [3.05, 3.63) is 41.5 Å². The molecule has 56 heavy (non-hydrogen) atoms. The molecule has 0 saturated carbocycles. The number of hydrogen-bond donors (Lipinski definition) is 1. The maximum Gasteiger partial charge on any atom is 0.313 e. The van der Waals surface area contributed by atoms with Gasteiger partial charge >= 0.3 is 5.97 Å². The zero-order chi connectivity index (χ0) is 40.6. The van der Waals surface area contributed by atoms with E-state index in [2.05, 4.69) is 10.1 Å². The van der Waals surface area contributed by atoms with Crippen LogP contribution in [-0.4, -0.2) is 174 Å². The summed E-state index contributed by atoms with van der Waals surface area (Å²) in [6, 6.07) is 0.0116. The van der Waals surface area contributed by atoms with Crippen molar-refractivity contribution in [3.63, 3.8) is 0 Å². The Morgan fingerprint density at radius 1 is 0.500 bits per heavy atom. The van der Waals surface area contributed by atoms with E-state index in [1.54, 1.807) is 0 Å². The Balaban J connectivity index is 1.19. The molecule has 0 aliphatic carbocycles. The van der Waals surface area contributed by atoms with Crippen molar-refractivity contribution in [1.29, 1.82) is 0 Å². The van der Waals surface area contributed by atoms with Crippen molar-refractivity contribution in [1.82, 2.24) is 10.2 Å². The van der Waals surface area contributed by atoms with Crippen LogP contribution >= 0.6 is 0 Å². The second-order valence-corrected chi connectivity index (χ2v) is 11.1. The molecule has 0 unspecified atom stereocenters. The van der Waals surface area contributed by atoms with Crippen LogP contribution in [0.1, 0.15) is 6.42 Å². The molecule has 0 atom stereocenters. The van der Waals surface area contributed by atoms with Crippen molar-refractivity contribution >= 4 is 23.7 Å². The number of ether oxygens (including phenoxy) is 11. The highest BCUT2D eigenvalue weighted by molar-refractivity contribution is 6.14. The number of hydrogen-bond acceptors (Lipinski definition) is 15. The fourth-order valence-corrected chi connectivity index (χ4v) is 4.09. The van der Waals surface area contributed by atoms with E-state index in [0.717, 1.165) is 17.1 Å². The first kappa shape index (κ1) is 48.5. The third-order valence-electron chi connectivity index (χ3n) is 6.86. The Kier molecular flexibility index (Phi) is 27.2. The number of carbonyl (C=O) groups is 4. The fraction of sp³-hybridized carbons (Fsp3) is 0.657. The molecule has 0 spiro atoms. The van der Waals surface area contributed by atoms with Gasteiger partial charge in [-0.05, 0) is 0 Å². The van der Waals surface area contributed by atoms with Crippen LogP contribution in [0.15, 0.2) is 18.2 Å². The van der Waals surface area contributed by atoms with E-state index in [1.165, 1.54) is 0 Å². The van der Waals surface area contributed by atoms with Gasteiger partial charge in [0.1, 0.15) is 6.54 Å². The first-order valence-electron chi connectivity index (χ1n) is 17.8. The Hall–Kier alpha value is -3.64. The minimum absolute atomic E-state index is 0.0116. The summed E-state index contributed by atoms with van der Waals surface area (Å²) in [4.78, 5) is 47.1. The van der Waals surface area contributed by atoms with Crippen LogP contribution in [0.3, 0.4) is 0 Å². The normalized spacial score (nSPS) is 12.6. The summed E-state index contributed by atoms with van der Waals surface area (Å²) in [6.07, 6.45) is 1.84. The van der Waals surface area contributed by atoms with E-state index in [4.69, 9.17) is 47.4 Å². The predicted octanol–water partition coefficient (Wildman–Crippen LogP) is 0.746. The summed E-state index contributed by atoms with van der Waals surface area (Å²) < 4.78 is 111. The highest BCUT2D eigenvalue weighted by Gasteiger charge is 2.25. The van der Waals surface area contributed by atoms with Crippen molar-refractivity contribution in [2.24, 2.45) is 0 Å². The van der Waals surface area contributed by atoms with Gasteiger partial charge in [0.15, 0.2) is 11.6 Å². The largest absolute Gasteiger partial charge is 0.420 e. The first-order chi connectivity index (χ1) is 27.2. The number of amides is 3. The number of imide groups is 1. The highest BCUT2D eigenvalue weighted by atomic mass is 19.2. The smallest absolute Gasteiger partial charge is 0.313 e. The summed E-state index contributed by atoms with van der Waals surface area (Å²) in [5.74, 6) is -11.0. The molecule has 0 radical (unpaired) electrons. The lowest BCUT2D eigenvalue weighted by Crippen LogP contribution is -2.41. The highest BCUT2D eigenvalue weighted by Crippen LogP contribution is 2.26. The van der Waals surface area contributed by atoms with Crippen molar-refractivity contribution in [2.45, 2.75) is 6.42 Å². The molecule has 0 fully saturated rings. The minimum atomic E-state index is -1.80. The van der Waals surface area contributed by atoms with Crippen LogP contribution in [-0.2, 0) is 66.5 Å². The molecule has 1 aliphatic rings. The predicted molar refractivity (Wildman–Crippen MR) is 184 cm³/mol. The molecule has 318 valence electrons. The molecule has 0 aromatic heterocycles. The summed E-state index contributed by atoms with van der Waals surface area (Å²) in [6.45, 7) is 6.46. The third-order valence-corrected chi connectivity index (χ3v) is 6.86. The maximum absolute atomic E-state index is 13.5. The molecule has 17 nitrogen and oxygen atoms in total. The number of halogens is 4. The zero-order valence-corrected chi connectivity index (χ0v) is 31.1. The average molecular weight is 815 g/mol. The van der Waals surface area contributed by atoms with Crippen LogP contribution < -0.4 is 10.1 Å².